The molecule has 3 rings (SSSR count). The molecule has 114 valence electrons. The Morgan fingerprint density at radius 1 is 1.05 bits per heavy atom. The van der Waals surface area contributed by atoms with E-state index in [-0.39, 0.29) is 12.3 Å². The Labute approximate surface area is 131 Å². The van der Waals surface area contributed by atoms with E-state index >= 15 is 0 Å². The van der Waals surface area contributed by atoms with Crippen molar-refractivity contribution in [2.75, 3.05) is 6.54 Å². The Bertz CT molecular complexity index is 685. The van der Waals surface area contributed by atoms with Gasteiger partial charge in [-0.3, -0.25) is 4.79 Å². The molecule has 0 spiro atoms. The van der Waals surface area contributed by atoms with E-state index in [1.54, 1.807) is 4.90 Å². The SMILES string of the molecule is O=C1CC(O)CN1Cc1ccc(S(=O)c2ccccc2)cc1. The third-order valence-corrected chi connectivity index (χ3v) is 5.06. The number of nitrogens with zero attached hydrogens (tertiary/aromatic N) is 1. The van der Waals surface area contributed by atoms with E-state index in [1.807, 2.05) is 54.6 Å². The zero-order valence-electron chi connectivity index (χ0n) is 12.0. The van der Waals surface area contributed by atoms with E-state index in [4.69, 9.17) is 0 Å². The van der Waals surface area contributed by atoms with Crippen LogP contribution in [0.1, 0.15) is 12.0 Å². The van der Waals surface area contributed by atoms with Crippen LogP contribution in [0.25, 0.3) is 0 Å². The molecule has 4 nitrogen and oxygen atoms in total. The first kappa shape index (κ1) is 14.9. The number of hydrogen-bond donors (Lipinski definition) is 1. The average molecular weight is 315 g/mol. The summed E-state index contributed by atoms with van der Waals surface area (Å²) in [6.45, 7) is 0.866. The Morgan fingerprint density at radius 2 is 1.68 bits per heavy atom. The second-order valence-corrected chi connectivity index (χ2v) is 6.84. The van der Waals surface area contributed by atoms with Crippen LogP contribution >= 0.6 is 0 Å². The second kappa shape index (κ2) is 6.42. The van der Waals surface area contributed by atoms with Crippen LogP contribution in [0.15, 0.2) is 64.4 Å². The van der Waals surface area contributed by atoms with Crippen molar-refractivity contribution in [2.24, 2.45) is 0 Å². The normalized spacial score (nSPS) is 19.4. The Hall–Kier alpha value is -1.98. The fourth-order valence-corrected chi connectivity index (χ4v) is 3.58. The summed E-state index contributed by atoms with van der Waals surface area (Å²) in [6, 6.07) is 16.7. The van der Waals surface area contributed by atoms with Gasteiger partial charge in [0.2, 0.25) is 5.91 Å². The van der Waals surface area contributed by atoms with Gasteiger partial charge in [-0.05, 0) is 29.8 Å². The lowest BCUT2D eigenvalue weighted by atomic mass is 10.2. The first-order valence-corrected chi connectivity index (χ1v) is 8.30. The quantitative estimate of drug-likeness (QED) is 0.938. The van der Waals surface area contributed by atoms with Gasteiger partial charge in [0.15, 0.2) is 0 Å². The van der Waals surface area contributed by atoms with E-state index in [1.165, 1.54) is 0 Å². The second-order valence-electron chi connectivity index (χ2n) is 5.36. The highest BCUT2D eigenvalue weighted by molar-refractivity contribution is 7.85. The van der Waals surface area contributed by atoms with Crippen LogP contribution in [0, 0.1) is 0 Å². The maximum atomic E-state index is 12.4. The molecule has 0 aromatic heterocycles. The molecule has 0 aliphatic carbocycles. The molecule has 1 heterocycles. The average Bonchev–Trinajstić information content (AvgIpc) is 2.86. The van der Waals surface area contributed by atoms with Crippen molar-refractivity contribution in [3.8, 4) is 0 Å². The number of aliphatic hydroxyl groups is 1. The third kappa shape index (κ3) is 3.26. The standard InChI is InChI=1S/C17H17NO3S/c19-14-10-17(20)18(12-14)11-13-6-8-16(9-7-13)22(21)15-4-2-1-3-5-15/h1-9,14,19H,10-12H2. The summed E-state index contributed by atoms with van der Waals surface area (Å²) in [7, 11) is -1.19. The molecule has 1 fully saturated rings. The Morgan fingerprint density at radius 3 is 2.27 bits per heavy atom. The number of carbonyl (C=O) groups excluding carboxylic acids is 1. The van der Waals surface area contributed by atoms with Gasteiger partial charge in [-0.15, -0.1) is 0 Å². The molecular weight excluding hydrogens is 298 g/mol. The zero-order chi connectivity index (χ0) is 15.5. The lowest BCUT2D eigenvalue weighted by molar-refractivity contribution is -0.128. The Kier molecular flexibility index (Phi) is 4.36. The highest BCUT2D eigenvalue weighted by Crippen LogP contribution is 2.19. The largest absolute Gasteiger partial charge is 0.391 e. The van der Waals surface area contributed by atoms with Crippen LogP contribution in [0.4, 0.5) is 0 Å². The minimum absolute atomic E-state index is 0.0237. The third-order valence-electron chi connectivity index (χ3n) is 3.66. The highest BCUT2D eigenvalue weighted by atomic mass is 32.2. The van der Waals surface area contributed by atoms with Crippen LogP contribution in [0.3, 0.4) is 0 Å². The molecule has 1 aliphatic heterocycles. The van der Waals surface area contributed by atoms with Gasteiger partial charge in [-0.1, -0.05) is 30.3 Å². The molecule has 1 saturated heterocycles. The number of benzene rings is 2. The molecule has 1 N–H and O–H groups in total. The molecule has 22 heavy (non-hydrogen) atoms. The van der Waals surface area contributed by atoms with Crippen LogP contribution in [0.2, 0.25) is 0 Å². The van der Waals surface area contributed by atoms with E-state index < -0.39 is 16.9 Å². The number of carbonyl (C=O) groups is 1. The van der Waals surface area contributed by atoms with Gasteiger partial charge in [0.25, 0.3) is 0 Å². The Balaban J connectivity index is 1.71. The molecule has 5 heteroatoms. The van der Waals surface area contributed by atoms with Gasteiger partial charge >= 0.3 is 0 Å². The van der Waals surface area contributed by atoms with Crippen molar-refractivity contribution in [3.63, 3.8) is 0 Å². The molecular formula is C17H17NO3S. The molecule has 2 unspecified atom stereocenters. The summed E-state index contributed by atoms with van der Waals surface area (Å²) in [5.74, 6) is -0.0237. The topological polar surface area (TPSA) is 57.6 Å². The first-order valence-electron chi connectivity index (χ1n) is 7.15. The predicted octanol–water partition coefficient (Wildman–Crippen LogP) is 1.95. The summed E-state index contributed by atoms with van der Waals surface area (Å²) in [5, 5.41) is 9.49. The van der Waals surface area contributed by atoms with E-state index in [9.17, 15) is 14.1 Å². The van der Waals surface area contributed by atoms with E-state index in [0.717, 1.165) is 15.4 Å². The number of amides is 1. The smallest absolute Gasteiger partial charge is 0.225 e. The summed E-state index contributed by atoms with van der Waals surface area (Å²) >= 11 is 0. The van der Waals surface area contributed by atoms with E-state index in [0.29, 0.717) is 13.1 Å². The summed E-state index contributed by atoms with van der Waals surface area (Å²) < 4.78 is 12.4. The summed E-state index contributed by atoms with van der Waals surface area (Å²) in [6.07, 6.45) is -0.354. The van der Waals surface area contributed by atoms with E-state index in [2.05, 4.69) is 0 Å². The lowest BCUT2D eigenvalue weighted by Gasteiger charge is -2.15. The molecule has 2 atom stereocenters. The molecule has 1 aliphatic rings. The lowest BCUT2D eigenvalue weighted by Crippen LogP contribution is -2.25. The van der Waals surface area contributed by atoms with Crippen molar-refractivity contribution < 1.29 is 14.1 Å². The molecule has 1 amide bonds. The minimum atomic E-state index is -1.19. The number of rotatable bonds is 4. The zero-order valence-corrected chi connectivity index (χ0v) is 12.8. The highest BCUT2D eigenvalue weighted by Gasteiger charge is 2.27. The fourth-order valence-electron chi connectivity index (χ4n) is 2.52. The maximum Gasteiger partial charge on any atom is 0.225 e. The fraction of sp³-hybridized carbons (Fsp3) is 0.235. The molecule has 2 aromatic rings. The number of likely N-dealkylation sites (tertiary alicyclic amines) is 1. The number of aliphatic hydroxyl groups excluding tert-OH is 1. The number of β-amino-alcohol motifs (C(OH)–C–C–N with tert-alkyl or cyclic N) is 1. The monoisotopic (exact) mass is 315 g/mol. The van der Waals surface area contributed by atoms with Crippen LogP contribution in [-0.2, 0) is 22.1 Å². The molecule has 0 bridgehead atoms. The van der Waals surface area contributed by atoms with Gasteiger partial charge in [-0.2, -0.15) is 0 Å². The van der Waals surface area contributed by atoms with Gasteiger partial charge in [0.05, 0.1) is 23.3 Å². The maximum absolute atomic E-state index is 12.4. The van der Waals surface area contributed by atoms with Crippen molar-refractivity contribution in [3.05, 3.63) is 60.2 Å². The van der Waals surface area contributed by atoms with Gasteiger partial charge in [0, 0.05) is 22.9 Å². The summed E-state index contributed by atoms with van der Waals surface area (Å²) in [5.41, 5.74) is 0.969. The van der Waals surface area contributed by atoms with Crippen molar-refractivity contribution in [1.29, 1.82) is 0 Å². The summed E-state index contributed by atoms with van der Waals surface area (Å²) in [4.78, 5) is 14.8. The molecule has 0 saturated carbocycles. The predicted molar refractivity (Wildman–Crippen MR) is 83.6 cm³/mol. The minimum Gasteiger partial charge on any atom is -0.391 e. The van der Waals surface area contributed by atoms with Crippen LogP contribution < -0.4 is 0 Å². The van der Waals surface area contributed by atoms with Gasteiger partial charge in [0.1, 0.15) is 0 Å². The van der Waals surface area contributed by atoms with Crippen molar-refractivity contribution in [2.45, 2.75) is 28.9 Å². The van der Waals surface area contributed by atoms with Gasteiger partial charge < -0.3 is 10.0 Å². The van der Waals surface area contributed by atoms with Crippen LogP contribution in [0.5, 0.6) is 0 Å². The molecule has 2 aromatic carbocycles. The van der Waals surface area contributed by atoms with Gasteiger partial charge in [-0.25, -0.2) is 4.21 Å². The number of hydrogen-bond acceptors (Lipinski definition) is 3. The van der Waals surface area contributed by atoms with Crippen LogP contribution in [-0.4, -0.2) is 32.8 Å². The van der Waals surface area contributed by atoms with Crippen molar-refractivity contribution >= 4 is 16.7 Å². The molecule has 0 radical (unpaired) electrons. The first-order chi connectivity index (χ1) is 10.6. The van der Waals surface area contributed by atoms with Crippen molar-refractivity contribution in [1.82, 2.24) is 4.90 Å².